The van der Waals surface area contributed by atoms with Crippen molar-refractivity contribution < 1.29 is 4.79 Å². The summed E-state index contributed by atoms with van der Waals surface area (Å²) in [6.07, 6.45) is 1.89. The van der Waals surface area contributed by atoms with Gasteiger partial charge < -0.3 is 16.4 Å². The summed E-state index contributed by atoms with van der Waals surface area (Å²) < 4.78 is 0. The van der Waals surface area contributed by atoms with Crippen LogP contribution in [0, 0.1) is 0 Å². The lowest BCUT2D eigenvalue weighted by atomic mass is 10.1. The van der Waals surface area contributed by atoms with Gasteiger partial charge in [-0.3, -0.25) is 0 Å². The van der Waals surface area contributed by atoms with Gasteiger partial charge in [-0.05, 0) is 57.9 Å². The van der Waals surface area contributed by atoms with Gasteiger partial charge in [0.15, 0.2) is 0 Å². The Labute approximate surface area is 109 Å². The van der Waals surface area contributed by atoms with E-state index in [0.717, 1.165) is 18.5 Å². The molecule has 1 rings (SSSR count). The van der Waals surface area contributed by atoms with Crippen LogP contribution in [0.2, 0.25) is 0 Å². The van der Waals surface area contributed by atoms with E-state index in [0.29, 0.717) is 6.54 Å². The molecule has 100 valence electrons. The Kier molecular flexibility index (Phi) is 5.16. The van der Waals surface area contributed by atoms with Crippen molar-refractivity contribution in [2.45, 2.75) is 39.2 Å². The van der Waals surface area contributed by atoms with Crippen LogP contribution >= 0.6 is 0 Å². The first-order valence-electron chi connectivity index (χ1n) is 6.29. The molecular weight excluding hydrogens is 226 g/mol. The van der Waals surface area contributed by atoms with Crippen molar-refractivity contribution in [2.75, 3.05) is 11.9 Å². The predicted octanol–water partition coefficient (Wildman–Crippen LogP) is 2.50. The Morgan fingerprint density at radius 3 is 2.67 bits per heavy atom. The number of nitrogens with one attached hydrogen (secondary N) is 2. The molecule has 0 aliphatic carbocycles. The number of anilines is 1. The predicted molar refractivity (Wildman–Crippen MR) is 75.7 cm³/mol. The van der Waals surface area contributed by atoms with Crippen molar-refractivity contribution in [3.8, 4) is 0 Å². The largest absolute Gasteiger partial charge is 0.333 e. The van der Waals surface area contributed by atoms with Gasteiger partial charge in [0.25, 0.3) is 0 Å². The highest BCUT2D eigenvalue weighted by molar-refractivity contribution is 5.89. The van der Waals surface area contributed by atoms with E-state index in [1.54, 1.807) is 0 Å². The van der Waals surface area contributed by atoms with Crippen LogP contribution in [0.4, 0.5) is 10.5 Å². The van der Waals surface area contributed by atoms with Crippen LogP contribution in [0.25, 0.3) is 0 Å². The second-order valence-electron chi connectivity index (χ2n) is 5.42. The number of urea groups is 1. The fraction of sp³-hybridized carbons (Fsp3) is 0.500. The molecule has 0 aliphatic heterocycles. The first-order chi connectivity index (χ1) is 8.40. The molecule has 0 saturated carbocycles. The highest BCUT2D eigenvalue weighted by atomic mass is 16.2. The molecule has 0 unspecified atom stereocenters. The van der Waals surface area contributed by atoms with Gasteiger partial charge in [-0.25, -0.2) is 4.79 Å². The van der Waals surface area contributed by atoms with Crippen molar-refractivity contribution in [1.29, 1.82) is 0 Å². The zero-order valence-electron chi connectivity index (χ0n) is 11.4. The Bertz CT molecular complexity index is 396. The first-order valence-corrected chi connectivity index (χ1v) is 6.29. The molecule has 18 heavy (non-hydrogen) atoms. The minimum Gasteiger partial charge on any atom is -0.333 e. The van der Waals surface area contributed by atoms with E-state index in [9.17, 15) is 4.79 Å². The van der Waals surface area contributed by atoms with Crippen molar-refractivity contribution in [3.05, 3.63) is 29.8 Å². The molecule has 1 aromatic rings. The van der Waals surface area contributed by atoms with Crippen LogP contribution < -0.4 is 16.4 Å². The summed E-state index contributed by atoms with van der Waals surface area (Å²) in [4.78, 5) is 11.7. The van der Waals surface area contributed by atoms with Crippen molar-refractivity contribution in [3.63, 3.8) is 0 Å². The molecule has 2 amide bonds. The van der Waals surface area contributed by atoms with E-state index in [1.807, 2.05) is 45.0 Å². The maximum Gasteiger partial charge on any atom is 0.319 e. The van der Waals surface area contributed by atoms with E-state index >= 15 is 0 Å². The smallest absolute Gasteiger partial charge is 0.319 e. The van der Waals surface area contributed by atoms with Gasteiger partial charge in [0.05, 0.1) is 0 Å². The summed E-state index contributed by atoms with van der Waals surface area (Å²) in [6.45, 7) is 6.53. The Hall–Kier alpha value is -1.55. The normalized spacial score (nSPS) is 11.1. The molecule has 0 fully saturated rings. The average Bonchev–Trinajstić information content (AvgIpc) is 2.24. The minimum absolute atomic E-state index is 0.182. The van der Waals surface area contributed by atoms with Crippen LogP contribution in [-0.4, -0.2) is 18.1 Å². The second-order valence-corrected chi connectivity index (χ2v) is 5.42. The molecule has 0 aliphatic rings. The number of carbonyl (C=O) groups is 1. The summed E-state index contributed by atoms with van der Waals surface area (Å²) >= 11 is 0. The van der Waals surface area contributed by atoms with Crippen molar-refractivity contribution >= 4 is 11.7 Å². The summed E-state index contributed by atoms with van der Waals surface area (Å²) in [7, 11) is 0. The van der Waals surface area contributed by atoms with Gasteiger partial charge in [-0.2, -0.15) is 0 Å². The van der Waals surface area contributed by atoms with Crippen LogP contribution in [0.3, 0.4) is 0 Å². The maximum absolute atomic E-state index is 11.7. The zero-order chi connectivity index (χ0) is 13.6. The number of benzene rings is 1. The van der Waals surface area contributed by atoms with Gasteiger partial charge in [0.2, 0.25) is 0 Å². The van der Waals surface area contributed by atoms with Gasteiger partial charge in [-0.1, -0.05) is 12.1 Å². The van der Waals surface area contributed by atoms with Crippen molar-refractivity contribution in [1.82, 2.24) is 5.32 Å². The molecule has 0 heterocycles. The lowest BCUT2D eigenvalue weighted by Crippen LogP contribution is -2.43. The average molecular weight is 249 g/mol. The Morgan fingerprint density at radius 2 is 2.06 bits per heavy atom. The van der Waals surface area contributed by atoms with Crippen LogP contribution in [0.15, 0.2) is 24.3 Å². The quantitative estimate of drug-likeness (QED) is 0.767. The standard InChI is InChI=1S/C14H23N3O/c1-14(2,3)17-13(18)16-12-8-4-6-11(10-12)7-5-9-15/h4,6,8,10H,5,7,9,15H2,1-3H3,(H2,16,17,18). The molecule has 0 atom stereocenters. The highest BCUT2D eigenvalue weighted by Crippen LogP contribution is 2.12. The SMILES string of the molecule is CC(C)(C)NC(=O)Nc1cccc(CCCN)c1. The summed E-state index contributed by atoms with van der Waals surface area (Å²) in [6, 6.07) is 7.67. The monoisotopic (exact) mass is 249 g/mol. The summed E-state index contributed by atoms with van der Waals surface area (Å²) in [5, 5.41) is 5.69. The molecule has 4 N–H and O–H groups in total. The molecule has 0 aromatic heterocycles. The fourth-order valence-electron chi connectivity index (χ4n) is 1.61. The van der Waals surface area contributed by atoms with Crippen LogP contribution in [-0.2, 0) is 6.42 Å². The fourth-order valence-corrected chi connectivity index (χ4v) is 1.61. The lowest BCUT2D eigenvalue weighted by Gasteiger charge is -2.20. The van der Waals surface area contributed by atoms with E-state index in [4.69, 9.17) is 5.73 Å². The van der Waals surface area contributed by atoms with Crippen LogP contribution in [0.1, 0.15) is 32.8 Å². The molecule has 0 saturated heterocycles. The molecular formula is C14H23N3O. The highest BCUT2D eigenvalue weighted by Gasteiger charge is 2.13. The molecule has 0 radical (unpaired) electrons. The third-order valence-corrected chi connectivity index (χ3v) is 2.34. The van der Waals surface area contributed by atoms with E-state index in [-0.39, 0.29) is 11.6 Å². The molecule has 0 bridgehead atoms. The molecule has 4 heteroatoms. The number of rotatable bonds is 4. The molecule has 1 aromatic carbocycles. The topological polar surface area (TPSA) is 67.2 Å². The number of hydrogen-bond donors (Lipinski definition) is 3. The summed E-state index contributed by atoms with van der Waals surface area (Å²) in [5.41, 5.74) is 7.25. The van der Waals surface area contributed by atoms with E-state index < -0.39 is 0 Å². The van der Waals surface area contributed by atoms with Gasteiger partial charge in [0.1, 0.15) is 0 Å². The maximum atomic E-state index is 11.7. The molecule has 4 nitrogen and oxygen atoms in total. The molecule has 0 spiro atoms. The van der Waals surface area contributed by atoms with E-state index in [1.165, 1.54) is 5.56 Å². The number of amides is 2. The summed E-state index contributed by atoms with van der Waals surface area (Å²) in [5.74, 6) is 0. The third kappa shape index (κ3) is 5.68. The van der Waals surface area contributed by atoms with Crippen molar-refractivity contribution in [2.24, 2.45) is 5.73 Å². The number of carbonyl (C=O) groups excluding carboxylic acids is 1. The number of nitrogens with two attached hydrogens (primary N) is 1. The number of hydrogen-bond acceptors (Lipinski definition) is 2. The van der Waals surface area contributed by atoms with E-state index in [2.05, 4.69) is 10.6 Å². The third-order valence-electron chi connectivity index (χ3n) is 2.34. The van der Waals surface area contributed by atoms with Gasteiger partial charge in [0, 0.05) is 11.2 Å². The van der Waals surface area contributed by atoms with Gasteiger partial charge >= 0.3 is 6.03 Å². The Morgan fingerprint density at radius 1 is 1.33 bits per heavy atom. The Balaban J connectivity index is 2.59. The second kappa shape index (κ2) is 6.40. The zero-order valence-corrected chi connectivity index (χ0v) is 11.4. The minimum atomic E-state index is -0.235. The van der Waals surface area contributed by atoms with Crippen LogP contribution in [0.5, 0.6) is 0 Å². The first kappa shape index (κ1) is 14.5. The van der Waals surface area contributed by atoms with Gasteiger partial charge in [-0.15, -0.1) is 0 Å². The number of aryl methyl sites for hydroxylation is 1. The lowest BCUT2D eigenvalue weighted by molar-refractivity contribution is 0.244.